The van der Waals surface area contributed by atoms with Gasteiger partial charge >= 0.3 is 0 Å². The number of rotatable bonds is 0. The first kappa shape index (κ1) is 100. The Morgan fingerprint density at radius 2 is 0.387 bits per heavy atom. The van der Waals surface area contributed by atoms with E-state index in [1.54, 1.807) is 25.0 Å². The van der Waals surface area contributed by atoms with Crippen LogP contribution in [-0.2, 0) is 57.8 Å². The van der Waals surface area contributed by atoms with E-state index < -0.39 is 67.2 Å². The van der Waals surface area contributed by atoms with Crippen LogP contribution in [-0.4, -0.2) is 112 Å². The lowest BCUT2D eigenvalue weighted by Crippen LogP contribution is -2.41. The van der Waals surface area contributed by atoms with Crippen LogP contribution in [0.15, 0.2) is 0 Å². The van der Waals surface area contributed by atoms with Crippen molar-refractivity contribution in [3.8, 4) is 0 Å². The van der Waals surface area contributed by atoms with Crippen molar-refractivity contribution in [2.45, 2.75) is 239 Å². The summed E-state index contributed by atoms with van der Waals surface area (Å²) in [5.41, 5.74) is 0. The highest BCUT2D eigenvalue weighted by atomic mass is 32.2. The third-order valence-electron chi connectivity index (χ3n) is 3.70. The Bertz CT molecular complexity index is 1250. The minimum absolute atomic E-state index is 0.203. The van der Waals surface area contributed by atoms with Gasteiger partial charge in [0.05, 0.1) is 9.73 Å². The zero-order chi connectivity index (χ0) is 55.8. The zero-order valence-electron chi connectivity index (χ0n) is 49.3. The van der Waals surface area contributed by atoms with Gasteiger partial charge in [-0.3, -0.25) is 35.4 Å². The third-order valence-corrected chi connectivity index (χ3v) is 11.1. The van der Waals surface area contributed by atoms with E-state index in [1.807, 2.05) is 138 Å². The van der Waals surface area contributed by atoms with Crippen molar-refractivity contribution in [1.29, 1.82) is 14.3 Å². The van der Waals surface area contributed by atoms with Crippen molar-refractivity contribution in [2.75, 3.05) is 50.0 Å². The Balaban J connectivity index is -0.0000000350. The Morgan fingerprint density at radius 1 is 0.323 bits per heavy atom. The molecular formula is C47H125N3O6S6. The van der Waals surface area contributed by atoms with Crippen LogP contribution in [0.5, 0.6) is 0 Å². The molecular weight excluding hydrogens is 895 g/mol. The minimum atomic E-state index is -2.51. The largest absolute Gasteiger partial charge is 0.269 e. The highest BCUT2D eigenvalue weighted by Gasteiger charge is 2.36. The number of nitrogens with one attached hydrogen (secondary N) is 3. The van der Waals surface area contributed by atoms with Gasteiger partial charge in [0.2, 0.25) is 0 Å². The van der Waals surface area contributed by atoms with Gasteiger partial charge in [-0.25, -0.2) is 4.21 Å². The molecule has 0 atom stereocenters. The summed E-state index contributed by atoms with van der Waals surface area (Å²) in [6.45, 7) is 56.0. The molecule has 3 N–H and O–H groups in total. The van der Waals surface area contributed by atoms with Gasteiger partial charge in [0.1, 0.15) is 0 Å². The Morgan fingerprint density at radius 3 is 0.387 bits per heavy atom. The van der Waals surface area contributed by atoms with Crippen LogP contribution < -0.4 is 0 Å². The number of hydrogen-bond donors (Lipinski definition) is 3. The molecule has 0 aliphatic heterocycles. The van der Waals surface area contributed by atoms with E-state index in [9.17, 15) is 25.3 Å². The van der Waals surface area contributed by atoms with Crippen molar-refractivity contribution in [2.24, 2.45) is 0 Å². The van der Waals surface area contributed by atoms with E-state index in [2.05, 4.69) is 73.0 Å². The van der Waals surface area contributed by atoms with Crippen molar-refractivity contribution >= 4 is 75.4 Å². The molecule has 0 aromatic heterocycles. The molecule has 0 spiro atoms. The monoisotopic (exact) mass is 1020 g/mol. The standard InChI is InChI=1S/C9H20OS.C8H19NOS.2C3H8OS.4C3H8.2C2H7NOS.4C2H6/c1-8(2,3)11(7,10)9(4,5)6;1-7(2,3)11(9,10)8(4,5)6;2*1-5(2,3)4;4*1-3-2;2*1-5(2,3)4;4*1-2/h7H2,1-6H3;9H,1-6H3;2*1H2,2-3H3;4*3H2,1-2H3;2*3H,1-2H3;4*1-2H3. The first-order valence-corrected chi connectivity index (χ1v) is 35.3. The third kappa shape index (κ3) is 161. The predicted octanol–water partition coefficient (Wildman–Crippen LogP) is 15.2. The summed E-state index contributed by atoms with van der Waals surface area (Å²) >= 11 is 0. The first-order valence-electron chi connectivity index (χ1n) is 22.2. The van der Waals surface area contributed by atoms with E-state index in [-0.39, 0.29) is 9.49 Å². The highest BCUT2D eigenvalue weighted by molar-refractivity contribution is 8.02. The maximum Gasteiger partial charge on any atom is 0.0541 e. The maximum atomic E-state index is 12.1. The molecule has 15 heteroatoms. The van der Waals surface area contributed by atoms with Gasteiger partial charge in [-0.15, -0.1) is 0 Å². The molecule has 0 radical (unpaired) electrons. The Kier molecular flexibility index (Phi) is 86.4. The molecule has 0 bridgehead atoms. The summed E-state index contributed by atoms with van der Waals surface area (Å²) in [6.07, 6.45) is 16.9. The number of hydrogen-bond acceptors (Lipinski definition) is 9. The summed E-state index contributed by atoms with van der Waals surface area (Å²) in [7, 11) is -12.2. The second-order valence-electron chi connectivity index (χ2n) is 17.8. The van der Waals surface area contributed by atoms with Crippen molar-refractivity contribution < 1.29 is 25.3 Å². The van der Waals surface area contributed by atoms with Crippen LogP contribution in [0, 0.1) is 14.3 Å². The van der Waals surface area contributed by atoms with Crippen molar-refractivity contribution in [3.05, 3.63) is 0 Å². The van der Waals surface area contributed by atoms with E-state index in [4.69, 9.17) is 14.3 Å². The van der Waals surface area contributed by atoms with E-state index in [1.165, 1.54) is 50.7 Å². The lowest BCUT2D eigenvalue weighted by molar-refractivity contribution is 0.597. The Hall–Kier alpha value is -0.0900. The van der Waals surface area contributed by atoms with E-state index in [0.717, 1.165) is 0 Å². The van der Waals surface area contributed by atoms with Crippen LogP contribution in [0.1, 0.15) is 220 Å². The molecule has 9 nitrogen and oxygen atoms in total. The van der Waals surface area contributed by atoms with Gasteiger partial charge in [0, 0.05) is 88.5 Å². The fourth-order valence-corrected chi connectivity index (χ4v) is 5.51. The second kappa shape index (κ2) is 53.5. The van der Waals surface area contributed by atoms with E-state index in [0.29, 0.717) is 0 Å². The molecule has 0 aromatic rings. The van der Waals surface area contributed by atoms with Gasteiger partial charge in [-0.05, 0) is 129 Å². The lowest BCUT2D eigenvalue weighted by atomic mass is 10.2. The molecule has 0 aliphatic rings. The SMILES string of the molecule is C=S(=O)(C(C)(C)C)C(C)(C)C.C=S(C)(C)=O.C=S(C)(C)=O.CC.CC.CC.CC.CC(C)(C)S(=N)(=O)C(C)(C)C.CCC.CCC.CCC.CCC.CS(C)(=N)=O.CS(C)(=N)=O. The predicted molar refractivity (Wildman–Crippen MR) is 314 cm³/mol. The fraction of sp³-hybridized carbons (Fsp3) is 0.936. The second-order valence-corrected chi connectivity index (χ2v) is 35.9. The average Bonchev–Trinajstić information content (AvgIpc) is 2.98. The molecule has 0 saturated heterocycles. The van der Waals surface area contributed by atoms with Crippen LogP contribution in [0.2, 0.25) is 0 Å². The van der Waals surface area contributed by atoms with Gasteiger partial charge in [-0.1, -0.05) is 136 Å². The van der Waals surface area contributed by atoms with E-state index >= 15 is 0 Å². The van der Waals surface area contributed by atoms with Gasteiger partial charge in [-0.2, -0.15) is 0 Å². The van der Waals surface area contributed by atoms with Crippen molar-refractivity contribution in [3.63, 3.8) is 0 Å². The molecule has 0 aliphatic carbocycles. The molecule has 0 amide bonds. The van der Waals surface area contributed by atoms with Crippen LogP contribution in [0.4, 0.5) is 0 Å². The van der Waals surface area contributed by atoms with Gasteiger partial charge in [0.25, 0.3) is 0 Å². The molecule has 400 valence electrons. The molecule has 0 saturated carbocycles. The van der Waals surface area contributed by atoms with Crippen LogP contribution >= 0.6 is 0 Å². The average molecular weight is 1020 g/mol. The summed E-state index contributed by atoms with van der Waals surface area (Å²) in [6, 6.07) is 0. The highest BCUT2D eigenvalue weighted by Crippen LogP contribution is 2.29. The maximum absolute atomic E-state index is 12.1. The summed E-state index contributed by atoms with van der Waals surface area (Å²) in [5.74, 6) is 10.4. The summed E-state index contributed by atoms with van der Waals surface area (Å²) in [5, 5.41) is 0. The van der Waals surface area contributed by atoms with Crippen LogP contribution in [0.3, 0.4) is 0 Å². The topological polar surface area (TPSA) is 174 Å². The molecule has 0 aromatic carbocycles. The van der Waals surface area contributed by atoms with Gasteiger partial charge in [0.15, 0.2) is 0 Å². The molecule has 62 heavy (non-hydrogen) atoms. The smallest absolute Gasteiger partial charge is 0.0541 e. The van der Waals surface area contributed by atoms with Crippen molar-refractivity contribution in [1.82, 2.24) is 0 Å². The molecule has 0 fully saturated rings. The summed E-state index contributed by atoms with van der Waals surface area (Å²) in [4.78, 5) is 0. The molecule has 0 heterocycles. The van der Waals surface area contributed by atoms with Crippen LogP contribution in [0.25, 0.3) is 0 Å². The lowest BCUT2D eigenvalue weighted by Gasteiger charge is -2.34. The minimum Gasteiger partial charge on any atom is -0.269 e. The summed E-state index contributed by atoms with van der Waals surface area (Å²) < 4.78 is 83.3. The molecule has 0 rings (SSSR count). The quantitative estimate of drug-likeness (QED) is 0.204. The first-order chi connectivity index (χ1) is 26.7. The fourth-order valence-electron chi connectivity index (χ4n) is 1.84. The zero-order valence-corrected chi connectivity index (χ0v) is 54.2. The van der Waals surface area contributed by atoms with Gasteiger partial charge < -0.3 is 0 Å². The Labute approximate surface area is 400 Å². The molecule has 0 unspecified atom stereocenters. The normalized spacial score (nSPS) is 10.6.